The molecule has 0 saturated carbocycles. The number of hydrogen-bond donors (Lipinski definition) is 1. The summed E-state index contributed by atoms with van der Waals surface area (Å²) in [4.78, 5) is 14.0. The lowest BCUT2D eigenvalue weighted by Crippen LogP contribution is -2.40. The van der Waals surface area contributed by atoms with E-state index in [9.17, 15) is 9.18 Å². The summed E-state index contributed by atoms with van der Waals surface area (Å²) in [6.45, 7) is 5.54. The van der Waals surface area contributed by atoms with Gasteiger partial charge in [0, 0.05) is 13.1 Å². The van der Waals surface area contributed by atoms with Crippen molar-refractivity contribution in [2.75, 3.05) is 13.1 Å². The predicted octanol–water partition coefficient (Wildman–Crippen LogP) is 3.33. The molecule has 2 amide bonds. The third kappa shape index (κ3) is 3.46. The van der Waals surface area contributed by atoms with Gasteiger partial charge in [-0.1, -0.05) is 26.0 Å². The lowest BCUT2D eigenvalue weighted by Gasteiger charge is -2.25. The van der Waals surface area contributed by atoms with Crippen LogP contribution >= 0.6 is 0 Å². The molecule has 1 N–H and O–H groups in total. The van der Waals surface area contributed by atoms with Crippen molar-refractivity contribution in [1.82, 2.24) is 10.2 Å². The van der Waals surface area contributed by atoms with Crippen LogP contribution in [0, 0.1) is 11.7 Å². The first-order valence-electron chi connectivity index (χ1n) is 6.88. The molecule has 3 nitrogen and oxygen atoms in total. The molecule has 1 aromatic rings. The van der Waals surface area contributed by atoms with Gasteiger partial charge in [-0.05, 0) is 36.5 Å². The van der Waals surface area contributed by atoms with E-state index in [0.717, 1.165) is 24.9 Å². The Morgan fingerprint density at radius 2 is 2.32 bits per heavy atom. The Morgan fingerprint density at radius 1 is 1.53 bits per heavy atom. The average Bonchev–Trinajstić information content (AvgIpc) is 2.85. The minimum Gasteiger partial charge on any atom is -0.338 e. The van der Waals surface area contributed by atoms with Crippen LogP contribution < -0.4 is 5.32 Å². The van der Waals surface area contributed by atoms with Crippen molar-refractivity contribution in [3.63, 3.8) is 0 Å². The van der Waals surface area contributed by atoms with Crippen LogP contribution in [-0.2, 0) is 0 Å². The number of hydrogen-bond acceptors (Lipinski definition) is 1. The largest absolute Gasteiger partial charge is 0.338 e. The first kappa shape index (κ1) is 13.8. The molecule has 0 aromatic heterocycles. The Labute approximate surface area is 113 Å². The Morgan fingerprint density at radius 3 is 3.00 bits per heavy atom. The molecule has 0 spiro atoms. The van der Waals surface area contributed by atoms with Crippen LogP contribution in [0.2, 0.25) is 0 Å². The fraction of sp³-hybridized carbons (Fsp3) is 0.533. The van der Waals surface area contributed by atoms with Gasteiger partial charge in [-0.3, -0.25) is 0 Å². The minimum atomic E-state index is -0.244. The topological polar surface area (TPSA) is 32.3 Å². The van der Waals surface area contributed by atoms with E-state index < -0.39 is 0 Å². The maximum absolute atomic E-state index is 13.3. The zero-order valence-corrected chi connectivity index (χ0v) is 11.5. The number of likely N-dealkylation sites (tertiary alicyclic amines) is 1. The number of benzene rings is 1. The molecule has 1 aliphatic heterocycles. The van der Waals surface area contributed by atoms with Gasteiger partial charge in [-0.25, -0.2) is 9.18 Å². The Bertz CT molecular complexity index is 448. The fourth-order valence-electron chi connectivity index (χ4n) is 2.46. The standard InChI is InChI=1S/C15H21FN2O/c1-11(2)10-17-15(19)18-8-4-7-14(18)12-5-3-6-13(16)9-12/h3,5-6,9,11,14H,4,7-8,10H2,1-2H3,(H,17,19). The number of carbonyl (C=O) groups is 1. The molecule has 4 heteroatoms. The second-order valence-corrected chi connectivity index (χ2v) is 5.49. The molecule has 1 heterocycles. The highest BCUT2D eigenvalue weighted by molar-refractivity contribution is 5.75. The van der Waals surface area contributed by atoms with E-state index in [1.165, 1.54) is 12.1 Å². The number of halogens is 1. The number of amides is 2. The molecule has 1 unspecified atom stereocenters. The van der Waals surface area contributed by atoms with Gasteiger partial charge in [0.2, 0.25) is 0 Å². The molecule has 1 saturated heterocycles. The van der Waals surface area contributed by atoms with E-state index in [0.29, 0.717) is 12.5 Å². The van der Waals surface area contributed by atoms with Crippen LogP contribution in [0.1, 0.15) is 38.3 Å². The molecule has 1 fully saturated rings. The van der Waals surface area contributed by atoms with Crippen molar-refractivity contribution in [3.8, 4) is 0 Å². The van der Waals surface area contributed by atoms with Crippen molar-refractivity contribution in [2.45, 2.75) is 32.7 Å². The maximum atomic E-state index is 13.3. The normalized spacial score (nSPS) is 18.9. The molecule has 1 aromatic carbocycles. The summed E-state index contributed by atoms with van der Waals surface area (Å²) in [5, 5.41) is 2.93. The van der Waals surface area contributed by atoms with Gasteiger partial charge in [0.15, 0.2) is 0 Å². The zero-order chi connectivity index (χ0) is 13.8. The summed E-state index contributed by atoms with van der Waals surface area (Å²) in [5.74, 6) is 0.186. The molecule has 2 rings (SSSR count). The van der Waals surface area contributed by atoms with Crippen molar-refractivity contribution >= 4 is 6.03 Å². The molecule has 104 valence electrons. The Kier molecular flexibility index (Phi) is 4.40. The lowest BCUT2D eigenvalue weighted by molar-refractivity contribution is 0.191. The highest BCUT2D eigenvalue weighted by atomic mass is 19.1. The summed E-state index contributed by atoms with van der Waals surface area (Å²) < 4.78 is 13.3. The number of nitrogens with one attached hydrogen (secondary N) is 1. The van der Waals surface area contributed by atoms with Gasteiger partial charge in [0.25, 0.3) is 0 Å². The van der Waals surface area contributed by atoms with Crippen LogP contribution in [0.3, 0.4) is 0 Å². The zero-order valence-electron chi connectivity index (χ0n) is 11.5. The summed E-state index contributed by atoms with van der Waals surface area (Å²) >= 11 is 0. The van der Waals surface area contributed by atoms with Gasteiger partial charge in [0.05, 0.1) is 6.04 Å². The molecule has 1 atom stereocenters. The molecule has 0 bridgehead atoms. The van der Waals surface area contributed by atoms with E-state index in [4.69, 9.17) is 0 Å². The summed E-state index contributed by atoms with van der Waals surface area (Å²) in [6.07, 6.45) is 1.87. The van der Waals surface area contributed by atoms with Crippen molar-refractivity contribution < 1.29 is 9.18 Å². The van der Waals surface area contributed by atoms with Crippen LogP contribution in [0.4, 0.5) is 9.18 Å². The van der Waals surface area contributed by atoms with E-state index in [-0.39, 0.29) is 17.9 Å². The number of rotatable bonds is 3. The Balaban J connectivity index is 2.06. The predicted molar refractivity (Wildman–Crippen MR) is 73.3 cm³/mol. The second-order valence-electron chi connectivity index (χ2n) is 5.49. The fourth-order valence-corrected chi connectivity index (χ4v) is 2.46. The van der Waals surface area contributed by atoms with E-state index in [1.54, 1.807) is 6.07 Å². The van der Waals surface area contributed by atoms with Crippen LogP contribution in [0.5, 0.6) is 0 Å². The Hall–Kier alpha value is -1.58. The minimum absolute atomic E-state index is 0.00265. The second kappa shape index (κ2) is 6.04. The molecule has 1 aliphatic rings. The molecular weight excluding hydrogens is 243 g/mol. The van der Waals surface area contributed by atoms with Gasteiger partial charge < -0.3 is 10.2 Å². The first-order chi connectivity index (χ1) is 9.08. The van der Waals surface area contributed by atoms with E-state index in [1.807, 2.05) is 11.0 Å². The average molecular weight is 264 g/mol. The maximum Gasteiger partial charge on any atom is 0.317 e. The molecular formula is C15H21FN2O. The highest BCUT2D eigenvalue weighted by Crippen LogP contribution is 2.31. The molecule has 0 aliphatic carbocycles. The monoisotopic (exact) mass is 264 g/mol. The number of carbonyl (C=O) groups excluding carboxylic acids is 1. The van der Waals surface area contributed by atoms with Gasteiger partial charge in [-0.2, -0.15) is 0 Å². The third-order valence-electron chi connectivity index (χ3n) is 3.41. The van der Waals surface area contributed by atoms with Gasteiger partial charge in [0.1, 0.15) is 5.82 Å². The van der Waals surface area contributed by atoms with Crippen LogP contribution in [-0.4, -0.2) is 24.0 Å². The summed E-state index contributed by atoms with van der Waals surface area (Å²) in [7, 11) is 0. The van der Waals surface area contributed by atoms with Crippen LogP contribution in [0.25, 0.3) is 0 Å². The smallest absolute Gasteiger partial charge is 0.317 e. The summed E-state index contributed by atoms with van der Waals surface area (Å²) in [6, 6.07) is 6.51. The molecule has 0 radical (unpaired) electrons. The lowest BCUT2D eigenvalue weighted by atomic mass is 10.0. The van der Waals surface area contributed by atoms with Gasteiger partial charge >= 0.3 is 6.03 Å². The van der Waals surface area contributed by atoms with Gasteiger partial charge in [-0.15, -0.1) is 0 Å². The number of urea groups is 1. The first-order valence-corrected chi connectivity index (χ1v) is 6.88. The van der Waals surface area contributed by atoms with E-state index >= 15 is 0 Å². The number of nitrogens with zero attached hydrogens (tertiary/aromatic N) is 1. The van der Waals surface area contributed by atoms with E-state index in [2.05, 4.69) is 19.2 Å². The van der Waals surface area contributed by atoms with Crippen molar-refractivity contribution in [2.24, 2.45) is 5.92 Å². The summed E-state index contributed by atoms with van der Waals surface area (Å²) in [5.41, 5.74) is 0.886. The quantitative estimate of drug-likeness (QED) is 0.892. The third-order valence-corrected chi connectivity index (χ3v) is 3.41. The highest BCUT2D eigenvalue weighted by Gasteiger charge is 2.29. The molecule has 19 heavy (non-hydrogen) atoms. The van der Waals surface area contributed by atoms with Crippen molar-refractivity contribution in [1.29, 1.82) is 0 Å². The SMILES string of the molecule is CC(C)CNC(=O)N1CCCC1c1cccc(F)c1. The van der Waals surface area contributed by atoms with Crippen LogP contribution in [0.15, 0.2) is 24.3 Å². The van der Waals surface area contributed by atoms with Crippen molar-refractivity contribution in [3.05, 3.63) is 35.6 Å².